The average molecular weight is 393 g/mol. The predicted molar refractivity (Wildman–Crippen MR) is 104 cm³/mol. The van der Waals surface area contributed by atoms with Crippen molar-refractivity contribution < 1.29 is 24.5 Å². The topological polar surface area (TPSA) is 83.8 Å². The van der Waals surface area contributed by atoms with Crippen molar-refractivity contribution in [2.45, 2.75) is 91.0 Å². The van der Waals surface area contributed by atoms with Gasteiger partial charge >= 0.3 is 11.9 Å². The molecular formula is C23H36O5. The van der Waals surface area contributed by atoms with E-state index in [-0.39, 0.29) is 5.41 Å². The fraction of sp³-hybridized carbons (Fsp3) is 0.913. The van der Waals surface area contributed by atoms with Crippen LogP contribution in [-0.2, 0) is 14.3 Å². The molecule has 4 aliphatic rings. The van der Waals surface area contributed by atoms with Gasteiger partial charge in [-0.2, -0.15) is 0 Å². The van der Waals surface area contributed by atoms with Crippen molar-refractivity contribution in [2.75, 3.05) is 0 Å². The first kappa shape index (κ1) is 20.3. The Kier molecular flexibility index (Phi) is 4.94. The molecule has 1 unspecified atom stereocenters. The molecule has 0 radical (unpaired) electrons. The van der Waals surface area contributed by atoms with Gasteiger partial charge in [-0.05, 0) is 85.9 Å². The summed E-state index contributed by atoms with van der Waals surface area (Å²) in [6, 6.07) is 0. The van der Waals surface area contributed by atoms with Gasteiger partial charge in [0.1, 0.15) is 0 Å². The van der Waals surface area contributed by atoms with Crippen LogP contribution >= 0.6 is 0 Å². The number of carbonyl (C=O) groups is 2. The van der Waals surface area contributed by atoms with Crippen molar-refractivity contribution in [3.63, 3.8) is 0 Å². The van der Waals surface area contributed by atoms with Crippen molar-refractivity contribution in [1.29, 1.82) is 0 Å². The van der Waals surface area contributed by atoms with Crippen molar-refractivity contribution >= 4 is 11.8 Å². The molecule has 5 heteroatoms. The van der Waals surface area contributed by atoms with Gasteiger partial charge < -0.3 is 14.9 Å². The van der Waals surface area contributed by atoms with Gasteiger partial charge in [0.25, 0.3) is 0 Å². The first-order valence-electron chi connectivity index (χ1n) is 11.3. The smallest absolute Gasteiger partial charge is 0.388 e. The van der Waals surface area contributed by atoms with Gasteiger partial charge in [-0.1, -0.05) is 26.7 Å². The lowest BCUT2D eigenvalue weighted by molar-refractivity contribution is -0.299. The van der Waals surface area contributed by atoms with E-state index in [0.717, 1.165) is 38.0 Å². The zero-order valence-electron chi connectivity index (χ0n) is 17.6. The van der Waals surface area contributed by atoms with E-state index >= 15 is 0 Å². The maximum absolute atomic E-state index is 12.9. The quantitative estimate of drug-likeness (QED) is 0.564. The number of hydrogen-bond donors (Lipinski definition) is 2. The Balaban J connectivity index is 1.57. The standard InChI is InChI=1S/C23H36O5/c1-14(24)28-23(26,27)20(25)19-10-9-17-16-8-7-15-6-4-5-12-21(15,2)18(16)11-13-22(17,19)3/h15-19,26-27H,4-13H2,1-3H3/t15?,16-,17-,18-,19-,21-,22-/m0/s1. The summed E-state index contributed by atoms with van der Waals surface area (Å²) in [7, 11) is 0. The normalized spacial score (nSPS) is 45.5. The van der Waals surface area contributed by atoms with E-state index in [1.165, 1.54) is 38.5 Å². The number of rotatable bonds is 3. The third-order valence-electron chi connectivity index (χ3n) is 9.51. The molecule has 4 saturated carbocycles. The number of ether oxygens (including phenoxy) is 1. The fourth-order valence-corrected chi connectivity index (χ4v) is 8.20. The molecule has 4 rings (SSSR count). The highest BCUT2D eigenvalue weighted by molar-refractivity contribution is 5.89. The summed E-state index contributed by atoms with van der Waals surface area (Å²) in [5, 5.41) is 20.2. The molecule has 0 bridgehead atoms. The van der Waals surface area contributed by atoms with Crippen LogP contribution in [0.5, 0.6) is 0 Å². The third kappa shape index (κ3) is 2.96. The molecule has 4 fully saturated rings. The minimum absolute atomic E-state index is 0.229. The van der Waals surface area contributed by atoms with Gasteiger partial charge in [0, 0.05) is 12.8 Å². The molecule has 0 aromatic rings. The summed E-state index contributed by atoms with van der Waals surface area (Å²) < 4.78 is 4.55. The lowest BCUT2D eigenvalue weighted by Crippen LogP contribution is -2.55. The molecule has 0 aliphatic heterocycles. The molecule has 0 aromatic carbocycles. The van der Waals surface area contributed by atoms with Gasteiger partial charge in [0.05, 0.1) is 0 Å². The average Bonchev–Trinajstić information content (AvgIpc) is 2.96. The summed E-state index contributed by atoms with van der Waals surface area (Å²) in [4.78, 5) is 24.1. The number of aliphatic hydroxyl groups is 2. The number of ketones is 1. The minimum atomic E-state index is -3.00. The van der Waals surface area contributed by atoms with Gasteiger partial charge in [0.15, 0.2) is 0 Å². The summed E-state index contributed by atoms with van der Waals surface area (Å²) in [6.45, 7) is 5.78. The Morgan fingerprint density at radius 1 is 0.893 bits per heavy atom. The van der Waals surface area contributed by atoms with Gasteiger partial charge in [0.2, 0.25) is 5.78 Å². The van der Waals surface area contributed by atoms with Crippen molar-refractivity contribution in [3.05, 3.63) is 0 Å². The Labute approximate surface area is 168 Å². The lowest BCUT2D eigenvalue weighted by Gasteiger charge is -2.60. The van der Waals surface area contributed by atoms with Crippen LogP contribution in [-0.4, -0.2) is 27.9 Å². The number of Topliss-reactive ketones (excluding diaryl/α,β-unsaturated/α-hetero) is 1. The Morgan fingerprint density at radius 3 is 2.32 bits per heavy atom. The monoisotopic (exact) mass is 392 g/mol. The van der Waals surface area contributed by atoms with Crippen LogP contribution in [0.15, 0.2) is 0 Å². The van der Waals surface area contributed by atoms with Gasteiger partial charge in [-0.3, -0.25) is 9.59 Å². The zero-order chi connectivity index (χ0) is 20.3. The lowest BCUT2D eigenvalue weighted by atomic mass is 9.45. The number of carbonyl (C=O) groups excluding carboxylic acids is 2. The van der Waals surface area contributed by atoms with Crippen LogP contribution in [0.1, 0.15) is 85.0 Å². The molecule has 28 heavy (non-hydrogen) atoms. The molecule has 0 spiro atoms. The highest BCUT2D eigenvalue weighted by Crippen LogP contribution is 2.67. The second kappa shape index (κ2) is 6.80. The van der Waals surface area contributed by atoms with Crippen LogP contribution in [0, 0.1) is 40.4 Å². The highest BCUT2D eigenvalue weighted by Gasteiger charge is 2.62. The third-order valence-corrected chi connectivity index (χ3v) is 9.51. The van der Waals surface area contributed by atoms with Crippen LogP contribution in [0.3, 0.4) is 0 Å². The fourth-order valence-electron chi connectivity index (χ4n) is 8.20. The molecule has 5 nitrogen and oxygen atoms in total. The van der Waals surface area contributed by atoms with Crippen LogP contribution < -0.4 is 0 Å². The second-order valence-electron chi connectivity index (χ2n) is 10.6. The van der Waals surface area contributed by atoms with E-state index in [0.29, 0.717) is 23.7 Å². The first-order chi connectivity index (χ1) is 13.1. The largest absolute Gasteiger partial charge is 0.402 e. The summed E-state index contributed by atoms with van der Waals surface area (Å²) >= 11 is 0. The molecule has 0 aromatic heterocycles. The van der Waals surface area contributed by atoms with Crippen LogP contribution in [0.25, 0.3) is 0 Å². The van der Waals surface area contributed by atoms with Crippen molar-refractivity contribution in [1.82, 2.24) is 0 Å². The van der Waals surface area contributed by atoms with Crippen molar-refractivity contribution in [2.24, 2.45) is 40.4 Å². The Hall–Kier alpha value is -0.940. The molecular weight excluding hydrogens is 356 g/mol. The van der Waals surface area contributed by atoms with Crippen molar-refractivity contribution in [3.8, 4) is 0 Å². The van der Waals surface area contributed by atoms with Gasteiger partial charge in [-0.25, -0.2) is 0 Å². The van der Waals surface area contributed by atoms with E-state index in [1.807, 2.05) is 0 Å². The molecule has 7 atom stereocenters. The van der Waals surface area contributed by atoms with Crippen LogP contribution in [0.4, 0.5) is 0 Å². The number of fused-ring (bicyclic) bond motifs is 5. The summed E-state index contributed by atoms with van der Waals surface area (Å²) in [6.07, 6.45) is 11.7. The Morgan fingerprint density at radius 2 is 1.61 bits per heavy atom. The van der Waals surface area contributed by atoms with E-state index < -0.39 is 23.6 Å². The van der Waals surface area contributed by atoms with E-state index in [4.69, 9.17) is 0 Å². The molecule has 0 heterocycles. The molecule has 0 amide bonds. The molecule has 2 N–H and O–H groups in total. The molecule has 158 valence electrons. The predicted octanol–water partition coefficient (Wildman–Crippen LogP) is 3.81. The number of esters is 1. The van der Waals surface area contributed by atoms with Crippen LogP contribution in [0.2, 0.25) is 0 Å². The summed E-state index contributed by atoms with van der Waals surface area (Å²) in [5.74, 6) is -2.36. The van der Waals surface area contributed by atoms with E-state index in [1.54, 1.807) is 0 Å². The Bertz CT molecular complexity index is 657. The zero-order valence-corrected chi connectivity index (χ0v) is 17.6. The van der Waals surface area contributed by atoms with E-state index in [9.17, 15) is 19.8 Å². The minimum Gasteiger partial charge on any atom is -0.402 e. The second-order valence-corrected chi connectivity index (χ2v) is 10.6. The van der Waals surface area contributed by atoms with Gasteiger partial charge in [-0.15, -0.1) is 0 Å². The highest BCUT2D eigenvalue weighted by atomic mass is 16.8. The molecule has 0 saturated heterocycles. The molecule has 4 aliphatic carbocycles. The maximum atomic E-state index is 12.9. The first-order valence-corrected chi connectivity index (χ1v) is 11.3. The number of hydrogen-bond acceptors (Lipinski definition) is 5. The van der Waals surface area contributed by atoms with E-state index in [2.05, 4.69) is 18.6 Å². The maximum Gasteiger partial charge on any atom is 0.388 e. The summed E-state index contributed by atoms with van der Waals surface area (Å²) in [5.41, 5.74) is 0.215. The SMILES string of the molecule is CC(=O)OC(O)(O)C(=O)[C@@H]1CC[C@H]2[C@@H]3CCC4CCCC[C@]4(C)[C@H]3CC[C@]12C.